The molecule has 3 N–H and O–H groups in total. The van der Waals surface area contributed by atoms with Gasteiger partial charge in [-0.1, -0.05) is 48.0 Å². The summed E-state index contributed by atoms with van der Waals surface area (Å²) in [5.74, 6) is 2.26. The second kappa shape index (κ2) is 11.3. The Balaban J connectivity index is 1.15. The third kappa shape index (κ3) is 6.45. The van der Waals surface area contributed by atoms with E-state index in [-0.39, 0.29) is 0 Å². The van der Waals surface area contributed by atoms with Crippen LogP contribution in [0.5, 0.6) is 0 Å². The second-order valence-corrected chi connectivity index (χ2v) is 11.6. The Bertz CT molecular complexity index is 1430. The summed E-state index contributed by atoms with van der Waals surface area (Å²) in [4.78, 5) is 9.83. The molecule has 4 aromatic rings. The molecule has 1 aliphatic rings. The number of hydrogen-bond acceptors (Lipinski definition) is 6. The Morgan fingerprint density at radius 2 is 1.43 bits per heavy atom. The highest BCUT2D eigenvalue weighted by Crippen LogP contribution is 2.30. The van der Waals surface area contributed by atoms with Crippen molar-refractivity contribution >= 4 is 38.4 Å². The van der Waals surface area contributed by atoms with E-state index in [1.54, 1.807) is 12.1 Å². The minimum Gasteiger partial charge on any atom is -0.354 e. The number of nitrogens with one attached hydrogen (secondary N) is 3. The molecule has 1 heterocycles. The Morgan fingerprint density at radius 1 is 0.784 bits per heavy atom. The van der Waals surface area contributed by atoms with E-state index in [0.29, 0.717) is 29.2 Å². The van der Waals surface area contributed by atoms with E-state index in [9.17, 15) is 8.42 Å². The number of hydrogen-bond donors (Lipinski definition) is 3. The molecule has 1 aromatic heterocycles. The zero-order valence-electron chi connectivity index (χ0n) is 21.0. The summed E-state index contributed by atoms with van der Waals surface area (Å²) in [6, 6.07) is 25.0. The number of rotatable bonds is 9. The lowest BCUT2D eigenvalue weighted by Crippen LogP contribution is -2.32. The van der Waals surface area contributed by atoms with Gasteiger partial charge < -0.3 is 10.6 Å². The lowest BCUT2D eigenvalue weighted by atomic mass is 9.82. The Morgan fingerprint density at radius 3 is 2.16 bits per heavy atom. The average molecular weight is 516 g/mol. The summed E-state index contributed by atoms with van der Waals surface area (Å²) in [7, 11) is -3.47. The van der Waals surface area contributed by atoms with Gasteiger partial charge in [0, 0.05) is 24.2 Å². The molecule has 0 atom stereocenters. The molecule has 8 heteroatoms. The zero-order chi connectivity index (χ0) is 25.7. The fraction of sp³-hybridized carbons (Fsp3) is 0.310. The predicted molar refractivity (Wildman–Crippen MR) is 150 cm³/mol. The van der Waals surface area contributed by atoms with Crippen LogP contribution in [0.2, 0.25) is 0 Å². The third-order valence-corrected chi connectivity index (χ3v) is 8.49. The molecule has 0 unspecified atom stereocenters. The van der Waals surface area contributed by atoms with Gasteiger partial charge >= 0.3 is 0 Å². The van der Waals surface area contributed by atoms with Crippen LogP contribution in [0.4, 0.5) is 17.5 Å². The summed E-state index contributed by atoms with van der Waals surface area (Å²) in [5.41, 5.74) is 2.92. The van der Waals surface area contributed by atoms with Gasteiger partial charge in [0.1, 0.15) is 5.82 Å². The van der Waals surface area contributed by atoms with Gasteiger partial charge in [-0.2, -0.15) is 4.98 Å². The lowest BCUT2D eigenvalue weighted by molar-refractivity contribution is 0.284. The summed E-state index contributed by atoms with van der Waals surface area (Å²) in [6.45, 7) is 3.23. The zero-order valence-corrected chi connectivity index (χ0v) is 21.8. The molecule has 1 aliphatic carbocycles. The van der Waals surface area contributed by atoms with E-state index < -0.39 is 10.0 Å². The van der Waals surface area contributed by atoms with Crippen molar-refractivity contribution in [2.75, 3.05) is 23.7 Å². The summed E-state index contributed by atoms with van der Waals surface area (Å²) in [5, 5.41) is 7.86. The first-order valence-electron chi connectivity index (χ1n) is 12.9. The molecule has 5 rings (SSSR count). The molecule has 7 nitrogen and oxygen atoms in total. The number of anilines is 3. The molecular formula is C29H33N5O2S. The molecular weight excluding hydrogens is 482 g/mol. The highest BCUT2D eigenvalue weighted by atomic mass is 32.2. The lowest BCUT2D eigenvalue weighted by Gasteiger charge is -2.28. The third-order valence-electron chi connectivity index (χ3n) is 7.05. The van der Waals surface area contributed by atoms with Gasteiger partial charge in [0.2, 0.25) is 16.0 Å². The molecule has 3 aromatic carbocycles. The molecule has 0 aliphatic heterocycles. The first-order valence-corrected chi connectivity index (χ1v) is 14.3. The Labute approximate surface area is 218 Å². The smallest absolute Gasteiger partial charge is 0.240 e. The van der Waals surface area contributed by atoms with Gasteiger partial charge in [-0.05, 0) is 80.8 Å². The van der Waals surface area contributed by atoms with Crippen LogP contribution in [0.25, 0.3) is 10.9 Å². The number of benzene rings is 3. The van der Waals surface area contributed by atoms with E-state index in [4.69, 9.17) is 9.97 Å². The number of nitrogens with zero attached hydrogens (tertiary/aromatic N) is 2. The van der Waals surface area contributed by atoms with Crippen LogP contribution in [0.15, 0.2) is 83.8 Å². The van der Waals surface area contributed by atoms with Gasteiger partial charge in [0.15, 0.2) is 0 Å². The first-order chi connectivity index (χ1) is 18.0. The van der Waals surface area contributed by atoms with Crippen LogP contribution in [-0.4, -0.2) is 31.5 Å². The number of fused-ring (bicyclic) bond motifs is 1. The minimum absolute atomic E-state index is 0.326. The van der Waals surface area contributed by atoms with Crippen molar-refractivity contribution in [1.82, 2.24) is 14.7 Å². The minimum atomic E-state index is -3.47. The Kier molecular flexibility index (Phi) is 7.67. The van der Waals surface area contributed by atoms with Crippen LogP contribution in [0.3, 0.4) is 0 Å². The van der Waals surface area contributed by atoms with E-state index in [0.717, 1.165) is 60.2 Å². The topological polar surface area (TPSA) is 96.0 Å². The number of aryl methyl sites for hydroxylation is 1. The van der Waals surface area contributed by atoms with Crippen molar-refractivity contribution in [3.05, 3.63) is 84.4 Å². The molecule has 1 fully saturated rings. The highest BCUT2D eigenvalue weighted by Gasteiger charge is 2.23. The molecule has 0 saturated heterocycles. The fourth-order valence-electron chi connectivity index (χ4n) is 4.81. The first kappa shape index (κ1) is 25.2. The second-order valence-electron chi connectivity index (χ2n) is 9.84. The van der Waals surface area contributed by atoms with E-state index in [1.807, 2.05) is 73.7 Å². The van der Waals surface area contributed by atoms with Gasteiger partial charge in [-0.3, -0.25) is 0 Å². The maximum absolute atomic E-state index is 12.6. The van der Waals surface area contributed by atoms with Crippen molar-refractivity contribution in [3.8, 4) is 0 Å². The fourth-order valence-corrected chi connectivity index (χ4v) is 5.93. The average Bonchev–Trinajstić information content (AvgIpc) is 2.92. The molecule has 0 radical (unpaired) electrons. The van der Waals surface area contributed by atoms with Crippen LogP contribution >= 0.6 is 0 Å². The molecule has 192 valence electrons. The molecule has 0 amide bonds. The predicted octanol–water partition coefficient (Wildman–Crippen LogP) is 5.88. The van der Waals surface area contributed by atoms with Crippen LogP contribution in [0, 0.1) is 18.8 Å². The SMILES string of the molecule is Cc1ccc(S(=O)(=O)NCC2CCC(CNc3nc(Nc4ccccc4)c4ccccc4n3)CC2)cc1. The van der Waals surface area contributed by atoms with Gasteiger partial charge in [0.25, 0.3) is 0 Å². The monoisotopic (exact) mass is 515 g/mol. The quantitative estimate of drug-likeness (QED) is 0.258. The van der Waals surface area contributed by atoms with Gasteiger partial charge in [-0.15, -0.1) is 0 Å². The van der Waals surface area contributed by atoms with Gasteiger partial charge in [0.05, 0.1) is 10.4 Å². The van der Waals surface area contributed by atoms with Gasteiger partial charge in [-0.25, -0.2) is 18.1 Å². The van der Waals surface area contributed by atoms with Crippen molar-refractivity contribution < 1.29 is 8.42 Å². The Hall–Kier alpha value is -3.49. The van der Waals surface area contributed by atoms with E-state index >= 15 is 0 Å². The number of para-hydroxylation sites is 2. The number of sulfonamides is 1. The molecule has 37 heavy (non-hydrogen) atoms. The maximum atomic E-state index is 12.6. The summed E-state index contributed by atoms with van der Waals surface area (Å²) < 4.78 is 28.0. The highest BCUT2D eigenvalue weighted by molar-refractivity contribution is 7.89. The van der Waals surface area contributed by atoms with Crippen molar-refractivity contribution in [3.63, 3.8) is 0 Å². The molecule has 1 saturated carbocycles. The number of aromatic nitrogens is 2. The van der Waals surface area contributed by atoms with Crippen molar-refractivity contribution in [2.45, 2.75) is 37.5 Å². The van der Waals surface area contributed by atoms with Crippen LogP contribution < -0.4 is 15.4 Å². The molecule has 0 spiro atoms. The molecule has 0 bridgehead atoms. The normalized spacial score (nSPS) is 18.0. The van der Waals surface area contributed by atoms with Crippen LogP contribution in [0.1, 0.15) is 31.2 Å². The van der Waals surface area contributed by atoms with Crippen molar-refractivity contribution in [2.24, 2.45) is 11.8 Å². The maximum Gasteiger partial charge on any atom is 0.240 e. The summed E-state index contributed by atoms with van der Waals surface area (Å²) in [6.07, 6.45) is 4.10. The van der Waals surface area contributed by atoms with E-state index in [1.165, 1.54) is 0 Å². The van der Waals surface area contributed by atoms with Crippen molar-refractivity contribution in [1.29, 1.82) is 0 Å². The van der Waals surface area contributed by atoms with Crippen LogP contribution in [-0.2, 0) is 10.0 Å². The van der Waals surface area contributed by atoms with E-state index in [2.05, 4.69) is 15.4 Å². The largest absolute Gasteiger partial charge is 0.354 e. The standard InChI is InChI=1S/C29H33N5O2S/c1-21-11-17-25(18-12-21)37(35,36)31-20-23-15-13-22(14-16-23)19-30-29-33-27-10-6-5-9-26(27)28(34-29)32-24-7-3-2-4-8-24/h2-12,17-18,22-23,31H,13-16,19-20H2,1H3,(H2,30,32,33,34). The summed E-state index contributed by atoms with van der Waals surface area (Å²) >= 11 is 0.